The fourth-order valence-corrected chi connectivity index (χ4v) is 2.16. The highest BCUT2D eigenvalue weighted by atomic mass is 16.5. The lowest BCUT2D eigenvalue weighted by atomic mass is 9.92. The third-order valence-corrected chi connectivity index (χ3v) is 3.16. The van der Waals surface area contributed by atoms with Gasteiger partial charge >= 0.3 is 0 Å². The molecule has 1 aliphatic rings. The predicted octanol–water partition coefficient (Wildman–Crippen LogP) is 2.68. The Kier molecular flexibility index (Phi) is 3.83. The molecule has 88 valence electrons. The first-order valence-electron chi connectivity index (χ1n) is 6.26. The Morgan fingerprint density at radius 2 is 2.00 bits per heavy atom. The quantitative estimate of drug-likeness (QED) is 0.845. The van der Waals surface area contributed by atoms with Crippen LogP contribution in [0, 0.1) is 0 Å². The van der Waals surface area contributed by atoms with E-state index in [1.807, 2.05) is 6.92 Å². The molecule has 0 aromatic heterocycles. The molecule has 1 aromatic carbocycles. The van der Waals surface area contributed by atoms with Gasteiger partial charge in [0.2, 0.25) is 0 Å². The Labute approximate surface area is 97.8 Å². The van der Waals surface area contributed by atoms with Crippen molar-refractivity contribution in [2.75, 3.05) is 6.61 Å². The van der Waals surface area contributed by atoms with Crippen molar-refractivity contribution >= 4 is 0 Å². The standard InChI is InChI=1S/C14H21NO/c1-11(15)8-9-16-14-7-6-12-4-2-3-5-13(12)10-14/h6-7,10-11H,2-5,8-9,15H2,1H3. The van der Waals surface area contributed by atoms with Crippen LogP contribution in [0.1, 0.15) is 37.3 Å². The van der Waals surface area contributed by atoms with Crippen LogP contribution in [0.2, 0.25) is 0 Å². The summed E-state index contributed by atoms with van der Waals surface area (Å²) >= 11 is 0. The number of rotatable bonds is 4. The van der Waals surface area contributed by atoms with Crippen LogP contribution in [0.4, 0.5) is 0 Å². The predicted molar refractivity (Wildman–Crippen MR) is 66.8 cm³/mol. The summed E-state index contributed by atoms with van der Waals surface area (Å²) in [4.78, 5) is 0. The molecule has 1 aliphatic carbocycles. The van der Waals surface area contributed by atoms with Gasteiger partial charge in [-0.2, -0.15) is 0 Å². The highest BCUT2D eigenvalue weighted by Crippen LogP contribution is 2.25. The third kappa shape index (κ3) is 2.99. The Balaban J connectivity index is 1.95. The lowest BCUT2D eigenvalue weighted by Crippen LogP contribution is -2.18. The van der Waals surface area contributed by atoms with Crippen molar-refractivity contribution in [2.45, 2.75) is 45.1 Å². The molecule has 0 fully saturated rings. The Morgan fingerprint density at radius 1 is 1.25 bits per heavy atom. The number of hydrogen-bond acceptors (Lipinski definition) is 2. The second-order valence-corrected chi connectivity index (χ2v) is 4.75. The van der Waals surface area contributed by atoms with Crippen molar-refractivity contribution in [3.63, 3.8) is 0 Å². The molecule has 2 nitrogen and oxygen atoms in total. The molecule has 2 N–H and O–H groups in total. The van der Waals surface area contributed by atoms with Crippen LogP contribution in [-0.2, 0) is 12.8 Å². The molecule has 1 atom stereocenters. The molecule has 2 heteroatoms. The van der Waals surface area contributed by atoms with Gasteiger partial charge in [-0.1, -0.05) is 6.07 Å². The van der Waals surface area contributed by atoms with E-state index < -0.39 is 0 Å². The molecular formula is C14H21NO. The summed E-state index contributed by atoms with van der Waals surface area (Å²) in [6, 6.07) is 6.73. The summed E-state index contributed by atoms with van der Waals surface area (Å²) in [7, 11) is 0. The average Bonchev–Trinajstić information content (AvgIpc) is 2.28. The maximum Gasteiger partial charge on any atom is 0.119 e. The van der Waals surface area contributed by atoms with Crippen LogP contribution in [0.15, 0.2) is 18.2 Å². The highest BCUT2D eigenvalue weighted by Gasteiger charge is 2.09. The van der Waals surface area contributed by atoms with E-state index in [0.717, 1.165) is 18.8 Å². The summed E-state index contributed by atoms with van der Waals surface area (Å²) in [6.07, 6.45) is 6.00. The summed E-state index contributed by atoms with van der Waals surface area (Å²) in [5.41, 5.74) is 8.67. The molecule has 0 bridgehead atoms. The van der Waals surface area contributed by atoms with E-state index in [-0.39, 0.29) is 6.04 Å². The molecule has 0 spiro atoms. The van der Waals surface area contributed by atoms with Gasteiger partial charge in [0, 0.05) is 6.04 Å². The van der Waals surface area contributed by atoms with Gasteiger partial charge < -0.3 is 10.5 Å². The van der Waals surface area contributed by atoms with Gasteiger partial charge in [0.15, 0.2) is 0 Å². The van der Waals surface area contributed by atoms with E-state index in [0.29, 0.717) is 0 Å². The molecule has 1 unspecified atom stereocenters. The maximum atomic E-state index is 5.70. The van der Waals surface area contributed by atoms with E-state index in [4.69, 9.17) is 10.5 Å². The summed E-state index contributed by atoms with van der Waals surface area (Å²) in [5.74, 6) is 1.00. The minimum atomic E-state index is 0.220. The monoisotopic (exact) mass is 219 g/mol. The van der Waals surface area contributed by atoms with Gasteiger partial charge in [-0.15, -0.1) is 0 Å². The molecule has 16 heavy (non-hydrogen) atoms. The van der Waals surface area contributed by atoms with Gasteiger partial charge in [0.05, 0.1) is 6.61 Å². The van der Waals surface area contributed by atoms with Crippen LogP contribution in [-0.4, -0.2) is 12.6 Å². The molecular weight excluding hydrogens is 198 g/mol. The Bertz CT molecular complexity index is 347. The van der Waals surface area contributed by atoms with Crippen LogP contribution in [0.5, 0.6) is 5.75 Å². The molecule has 2 rings (SSSR count). The van der Waals surface area contributed by atoms with Crippen LogP contribution in [0.25, 0.3) is 0 Å². The van der Waals surface area contributed by atoms with E-state index >= 15 is 0 Å². The fourth-order valence-electron chi connectivity index (χ4n) is 2.16. The number of fused-ring (bicyclic) bond motifs is 1. The largest absolute Gasteiger partial charge is 0.494 e. The second-order valence-electron chi connectivity index (χ2n) is 4.75. The molecule has 0 saturated carbocycles. The van der Waals surface area contributed by atoms with Crippen molar-refractivity contribution in [3.05, 3.63) is 29.3 Å². The molecule has 0 saturated heterocycles. The first-order valence-corrected chi connectivity index (χ1v) is 6.26. The van der Waals surface area contributed by atoms with E-state index in [1.165, 1.54) is 36.8 Å². The third-order valence-electron chi connectivity index (χ3n) is 3.16. The van der Waals surface area contributed by atoms with Gasteiger partial charge in [-0.25, -0.2) is 0 Å². The first kappa shape index (κ1) is 11.5. The van der Waals surface area contributed by atoms with Crippen molar-refractivity contribution in [3.8, 4) is 5.75 Å². The van der Waals surface area contributed by atoms with Gasteiger partial charge in [-0.05, 0) is 62.3 Å². The lowest BCUT2D eigenvalue weighted by Gasteiger charge is -2.17. The van der Waals surface area contributed by atoms with E-state index in [1.54, 1.807) is 0 Å². The molecule has 0 heterocycles. The summed E-state index contributed by atoms with van der Waals surface area (Å²) < 4.78 is 5.70. The Hall–Kier alpha value is -1.02. The number of ether oxygens (including phenoxy) is 1. The zero-order valence-corrected chi connectivity index (χ0v) is 10.0. The minimum Gasteiger partial charge on any atom is -0.494 e. The lowest BCUT2D eigenvalue weighted by molar-refractivity contribution is 0.300. The second kappa shape index (κ2) is 5.35. The van der Waals surface area contributed by atoms with Gasteiger partial charge in [0.25, 0.3) is 0 Å². The van der Waals surface area contributed by atoms with Crippen molar-refractivity contribution < 1.29 is 4.74 Å². The smallest absolute Gasteiger partial charge is 0.119 e. The van der Waals surface area contributed by atoms with E-state index in [9.17, 15) is 0 Å². The topological polar surface area (TPSA) is 35.2 Å². The van der Waals surface area contributed by atoms with Crippen molar-refractivity contribution in [2.24, 2.45) is 5.73 Å². The van der Waals surface area contributed by atoms with Crippen LogP contribution >= 0.6 is 0 Å². The van der Waals surface area contributed by atoms with Crippen molar-refractivity contribution in [1.82, 2.24) is 0 Å². The normalized spacial score (nSPS) is 16.6. The SMILES string of the molecule is CC(N)CCOc1ccc2c(c1)CCCC2. The zero-order chi connectivity index (χ0) is 11.4. The maximum absolute atomic E-state index is 5.70. The summed E-state index contributed by atoms with van der Waals surface area (Å²) in [5, 5.41) is 0. The van der Waals surface area contributed by atoms with Crippen LogP contribution < -0.4 is 10.5 Å². The van der Waals surface area contributed by atoms with E-state index in [2.05, 4.69) is 18.2 Å². The van der Waals surface area contributed by atoms with Gasteiger partial charge in [0.1, 0.15) is 5.75 Å². The van der Waals surface area contributed by atoms with Crippen molar-refractivity contribution in [1.29, 1.82) is 0 Å². The molecule has 0 amide bonds. The highest BCUT2D eigenvalue weighted by molar-refractivity contribution is 5.37. The molecule has 1 aromatic rings. The minimum absolute atomic E-state index is 0.220. The number of hydrogen-bond donors (Lipinski definition) is 1. The zero-order valence-electron chi connectivity index (χ0n) is 10.0. The number of aryl methyl sites for hydroxylation is 2. The number of benzene rings is 1. The number of nitrogens with two attached hydrogens (primary N) is 1. The molecule has 0 aliphatic heterocycles. The molecule has 0 radical (unpaired) electrons. The average molecular weight is 219 g/mol. The Morgan fingerprint density at radius 3 is 2.75 bits per heavy atom. The first-order chi connectivity index (χ1) is 7.75. The van der Waals surface area contributed by atoms with Crippen LogP contribution in [0.3, 0.4) is 0 Å². The van der Waals surface area contributed by atoms with Gasteiger partial charge in [-0.3, -0.25) is 0 Å². The summed E-state index contributed by atoms with van der Waals surface area (Å²) in [6.45, 7) is 2.73. The fraction of sp³-hybridized carbons (Fsp3) is 0.571.